The van der Waals surface area contributed by atoms with E-state index < -0.39 is 10.8 Å². The Morgan fingerprint density at radius 1 is 1.29 bits per heavy atom. The zero-order valence-electron chi connectivity index (χ0n) is 10.9. The fourth-order valence-corrected chi connectivity index (χ4v) is 2.69. The zero-order chi connectivity index (χ0) is 15.4. The van der Waals surface area contributed by atoms with E-state index in [9.17, 15) is 20.0 Å². The fourth-order valence-electron chi connectivity index (χ4n) is 1.74. The summed E-state index contributed by atoms with van der Waals surface area (Å²) in [5.74, 6) is -0.220. The van der Waals surface area contributed by atoms with Crippen LogP contribution in [-0.2, 0) is 5.75 Å². The number of nitrogens with two attached hydrogens (primary N) is 1. The summed E-state index contributed by atoms with van der Waals surface area (Å²) in [5, 5.41) is 20.4. The first kappa shape index (κ1) is 14.9. The van der Waals surface area contributed by atoms with Gasteiger partial charge in [-0.05, 0) is 24.3 Å². The Morgan fingerprint density at radius 3 is 2.67 bits per heavy atom. The lowest BCUT2D eigenvalue weighted by Crippen LogP contribution is -2.11. The van der Waals surface area contributed by atoms with E-state index in [0.29, 0.717) is 11.3 Å². The van der Waals surface area contributed by atoms with Crippen LogP contribution in [0.1, 0.15) is 15.9 Å². The third-order valence-corrected chi connectivity index (χ3v) is 3.82. The number of thioether (sulfide) groups is 1. The van der Waals surface area contributed by atoms with Gasteiger partial charge in [0.15, 0.2) is 0 Å². The van der Waals surface area contributed by atoms with Gasteiger partial charge < -0.3 is 10.8 Å². The van der Waals surface area contributed by atoms with Crippen molar-refractivity contribution in [3.63, 3.8) is 0 Å². The number of phenolic OH excluding ortho intramolecular Hbond substituents is 1. The molecule has 2 rings (SSSR count). The van der Waals surface area contributed by atoms with Crippen LogP contribution >= 0.6 is 11.8 Å². The molecule has 6 nitrogen and oxygen atoms in total. The molecule has 2 aromatic rings. The Morgan fingerprint density at radius 2 is 2.05 bits per heavy atom. The van der Waals surface area contributed by atoms with E-state index in [1.807, 2.05) is 0 Å². The monoisotopic (exact) mass is 304 g/mol. The molecule has 0 unspecified atom stereocenters. The lowest BCUT2D eigenvalue weighted by Gasteiger charge is -2.05. The molecule has 0 radical (unpaired) electrons. The second-order valence-electron chi connectivity index (χ2n) is 4.25. The number of primary amides is 1. The molecule has 0 aliphatic heterocycles. The minimum atomic E-state index is -0.703. The van der Waals surface area contributed by atoms with Crippen molar-refractivity contribution in [1.29, 1.82) is 0 Å². The highest BCUT2D eigenvalue weighted by atomic mass is 32.2. The number of aromatic hydroxyl groups is 1. The first-order chi connectivity index (χ1) is 9.97. The summed E-state index contributed by atoms with van der Waals surface area (Å²) in [5.41, 5.74) is 5.57. The number of benzene rings is 2. The van der Waals surface area contributed by atoms with E-state index >= 15 is 0 Å². The summed E-state index contributed by atoms with van der Waals surface area (Å²) in [6.07, 6.45) is 0. The van der Waals surface area contributed by atoms with Crippen LogP contribution in [-0.4, -0.2) is 15.9 Å². The summed E-state index contributed by atoms with van der Waals surface area (Å²) in [7, 11) is 0. The molecule has 0 heterocycles. The lowest BCUT2D eigenvalue weighted by molar-refractivity contribution is -0.385. The van der Waals surface area contributed by atoms with Gasteiger partial charge in [0.05, 0.1) is 4.92 Å². The largest absolute Gasteiger partial charge is 0.508 e. The average molecular weight is 304 g/mol. The zero-order valence-corrected chi connectivity index (χ0v) is 11.7. The Bertz CT molecular complexity index is 703. The van der Waals surface area contributed by atoms with Crippen molar-refractivity contribution >= 4 is 23.4 Å². The molecule has 3 N–H and O–H groups in total. The van der Waals surface area contributed by atoms with E-state index in [1.165, 1.54) is 30.0 Å². The Balaban J connectivity index is 2.23. The molecule has 2 aromatic carbocycles. The summed E-state index contributed by atoms with van der Waals surface area (Å²) in [6.45, 7) is 0. The minimum absolute atomic E-state index is 0.104. The van der Waals surface area contributed by atoms with Crippen LogP contribution in [0, 0.1) is 10.1 Å². The van der Waals surface area contributed by atoms with Crippen LogP contribution in [0.25, 0.3) is 0 Å². The highest BCUT2D eigenvalue weighted by molar-refractivity contribution is 7.98. The number of nitro benzene ring substituents is 1. The van der Waals surface area contributed by atoms with Crippen molar-refractivity contribution in [2.24, 2.45) is 5.73 Å². The summed E-state index contributed by atoms with van der Waals surface area (Å²) < 4.78 is 0. The number of nitrogens with zero attached hydrogens (tertiary/aromatic N) is 1. The molecule has 0 atom stereocenters. The molecule has 7 heteroatoms. The van der Waals surface area contributed by atoms with Gasteiger partial charge >= 0.3 is 0 Å². The Labute approximate surface area is 124 Å². The maximum absolute atomic E-state index is 11.1. The first-order valence-corrected chi connectivity index (χ1v) is 6.95. The molecule has 0 saturated heterocycles. The first-order valence-electron chi connectivity index (χ1n) is 5.96. The predicted molar refractivity (Wildman–Crippen MR) is 79.3 cm³/mol. The fraction of sp³-hybridized carbons (Fsp3) is 0.0714. The summed E-state index contributed by atoms with van der Waals surface area (Å²) in [6, 6.07) is 10.8. The second kappa shape index (κ2) is 6.27. The van der Waals surface area contributed by atoms with Crippen molar-refractivity contribution in [2.45, 2.75) is 10.6 Å². The molecule has 0 bridgehead atoms. The van der Waals surface area contributed by atoms with Gasteiger partial charge in [0.2, 0.25) is 5.91 Å². The maximum Gasteiger partial charge on any atom is 0.274 e. The average Bonchev–Trinajstić information content (AvgIpc) is 2.44. The number of rotatable bonds is 5. The number of nitro groups is 1. The summed E-state index contributed by atoms with van der Waals surface area (Å²) >= 11 is 1.35. The van der Waals surface area contributed by atoms with E-state index in [4.69, 9.17) is 5.73 Å². The smallest absolute Gasteiger partial charge is 0.274 e. The van der Waals surface area contributed by atoms with Crippen molar-refractivity contribution in [3.8, 4) is 5.75 Å². The van der Waals surface area contributed by atoms with E-state index in [2.05, 4.69) is 0 Å². The molecule has 1 amide bonds. The molecule has 0 aliphatic rings. The van der Waals surface area contributed by atoms with Crippen LogP contribution in [0.4, 0.5) is 5.69 Å². The van der Waals surface area contributed by atoms with Gasteiger partial charge in [-0.2, -0.15) is 0 Å². The van der Waals surface area contributed by atoms with Crippen molar-refractivity contribution in [1.82, 2.24) is 0 Å². The van der Waals surface area contributed by atoms with E-state index in [-0.39, 0.29) is 17.0 Å². The quantitative estimate of drug-likeness (QED) is 0.502. The number of carbonyl (C=O) groups is 1. The van der Waals surface area contributed by atoms with E-state index in [1.54, 1.807) is 24.3 Å². The van der Waals surface area contributed by atoms with Gasteiger partial charge in [-0.25, -0.2) is 0 Å². The Kier molecular flexibility index (Phi) is 4.44. The molecule has 21 heavy (non-hydrogen) atoms. The number of carbonyl (C=O) groups excluding carboxylic acids is 1. The summed E-state index contributed by atoms with van der Waals surface area (Å²) in [4.78, 5) is 22.4. The molecule has 0 fully saturated rings. The highest BCUT2D eigenvalue weighted by Crippen LogP contribution is 2.30. The molecule has 0 aromatic heterocycles. The lowest BCUT2D eigenvalue weighted by atomic mass is 10.1. The molecular formula is C14H12N2O4S. The number of phenols is 1. The van der Waals surface area contributed by atoms with E-state index in [0.717, 1.165) is 4.90 Å². The van der Waals surface area contributed by atoms with Crippen LogP contribution in [0.2, 0.25) is 0 Å². The molecule has 0 saturated carbocycles. The van der Waals surface area contributed by atoms with Gasteiger partial charge in [0, 0.05) is 27.8 Å². The second-order valence-corrected chi connectivity index (χ2v) is 5.30. The normalized spacial score (nSPS) is 10.3. The Hall–Kier alpha value is -2.54. The third-order valence-electron chi connectivity index (χ3n) is 2.78. The molecule has 0 aliphatic carbocycles. The molecular weight excluding hydrogens is 292 g/mol. The topological polar surface area (TPSA) is 106 Å². The maximum atomic E-state index is 11.1. The van der Waals surface area contributed by atoms with Crippen molar-refractivity contribution in [3.05, 3.63) is 63.7 Å². The van der Waals surface area contributed by atoms with Crippen LogP contribution in [0.5, 0.6) is 5.75 Å². The van der Waals surface area contributed by atoms with Crippen molar-refractivity contribution in [2.75, 3.05) is 0 Å². The minimum Gasteiger partial charge on any atom is -0.508 e. The number of hydrogen-bond acceptors (Lipinski definition) is 5. The highest BCUT2D eigenvalue weighted by Gasteiger charge is 2.16. The van der Waals surface area contributed by atoms with Crippen molar-refractivity contribution < 1.29 is 14.8 Å². The predicted octanol–water partition coefficient (Wildman–Crippen LogP) is 2.69. The van der Waals surface area contributed by atoms with Gasteiger partial charge in [0.1, 0.15) is 5.75 Å². The molecule has 0 spiro atoms. The number of hydrogen-bond donors (Lipinski definition) is 2. The SMILES string of the molecule is NC(=O)c1ccc(CSc2cccc(O)c2)c([N+](=O)[O-])c1. The van der Waals surface area contributed by atoms with Crippen LogP contribution < -0.4 is 5.73 Å². The van der Waals surface area contributed by atoms with Gasteiger partial charge in [-0.15, -0.1) is 11.8 Å². The number of amides is 1. The standard InChI is InChI=1S/C14H12N2O4S/c15-14(18)9-4-5-10(13(6-9)16(19)20)8-21-12-3-1-2-11(17)7-12/h1-7,17H,8H2,(H2,15,18). The molecule has 108 valence electrons. The van der Waals surface area contributed by atoms with Gasteiger partial charge in [-0.1, -0.05) is 12.1 Å². The van der Waals surface area contributed by atoms with Gasteiger partial charge in [0.25, 0.3) is 5.69 Å². The van der Waals surface area contributed by atoms with Crippen LogP contribution in [0.15, 0.2) is 47.4 Å². The van der Waals surface area contributed by atoms with Gasteiger partial charge in [-0.3, -0.25) is 14.9 Å². The third kappa shape index (κ3) is 3.73. The van der Waals surface area contributed by atoms with Crippen LogP contribution in [0.3, 0.4) is 0 Å².